The Morgan fingerprint density at radius 3 is 1.39 bits per heavy atom. The van der Waals surface area contributed by atoms with Gasteiger partial charge in [0.2, 0.25) is 0 Å². The van der Waals surface area contributed by atoms with Gasteiger partial charge in [-0.1, -0.05) is 18.2 Å². The third kappa shape index (κ3) is 14.7. The van der Waals surface area contributed by atoms with Crippen LogP contribution in [0.2, 0.25) is 0 Å². The number of carboxylic acid groups (broad SMARTS) is 4. The normalized spacial score (nSPS) is 13.1. The van der Waals surface area contributed by atoms with Gasteiger partial charge in [0.05, 0.1) is 0 Å². The summed E-state index contributed by atoms with van der Waals surface area (Å²) < 4.78 is 0. The molecule has 1 aromatic carbocycles. The van der Waals surface area contributed by atoms with Gasteiger partial charge in [-0.3, -0.25) is 0 Å². The lowest BCUT2D eigenvalue weighted by atomic mass is 10.2. The predicted molar refractivity (Wildman–Crippen MR) is 100 cm³/mol. The van der Waals surface area contributed by atoms with Crippen molar-refractivity contribution in [3.8, 4) is 0 Å². The van der Waals surface area contributed by atoms with E-state index >= 15 is 0 Å². The Morgan fingerprint density at radius 2 is 1.07 bits per heavy atom. The fourth-order valence-electron chi connectivity index (χ4n) is 1.85. The van der Waals surface area contributed by atoms with Crippen molar-refractivity contribution in [2.45, 2.75) is 0 Å². The molecule has 1 aliphatic rings. The van der Waals surface area contributed by atoms with Gasteiger partial charge in [0.1, 0.15) is 0 Å². The van der Waals surface area contributed by atoms with Crippen molar-refractivity contribution < 1.29 is 39.6 Å². The first-order valence-corrected chi connectivity index (χ1v) is 8.01. The van der Waals surface area contributed by atoms with E-state index in [1.54, 1.807) is 0 Å². The summed E-state index contributed by atoms with van der Waals surface area (Å²) in [5.74, 6) is -5.03. The Kier molecular flexibility index (Phi) is 12.6. The number of carbonyl (C=O) groups is 4. The number of rotatable bonds is 5. The molecule has 0 atom stereocenters. The van der Waals surface area contributed by atoms with E-state index in [9.17, 15) is 19.2 Å². The van der Waals surface area contributed by atoms with Crippen LogP contribution in [0.3, 0.4) is 0 Å². The molecule has 0 bridgehead atoms. The highest BCUT2D eigenvalue weighted by molar-refractivity contribution is 5.90. The number of hydrogen-bond donors (Lipinski definition) is 5. The van der Waals surface area contributed by atoms with Crippen LogP contribution in [0.4, 0.5) is 5.69 Å². The third-order valence-electron chi connectivity index (χ3n) is 2.98. The first-order valence-electron chi connectivity index (χ1n) is 8.01. The van der Waals surface area contributed by atoms with Gasteiger partial charge in [0.25, 0.3) is 0 Å². The van der Waals surface area contributed by atoms with Crippen molar-refractivity contribution in [2.24, 2.45) is 0 Å². The van der Waals surface area contributed by atoms with Crippen LogP contribution in [0, 0.1) is 0 Å². The molecule has 0 spiro atoms. The monoisotopic (exact) mass is 394 g/mol. The fraction of sp³-hybridized carbons (Fsp3) is 0.222. The molecule has 0 saturated carbocycles. The molecular formula is C18H22N2O8. The molecule has 0 amide bonds. The molecule has 1 aliphatic heterocycles. The summed E-state index contributed by atoms with van der Waals surface area (Å²) >= 11 is 0. The van der Waals surface area contributed by atoms with E-state index in [0.29, 0.717) is 24.3 Å². The topological polar surface area (TPSA) is 164 Å². The van der Waals surface area contributed by atoms with Crippen LogP contribution in [-0.4, -0.2) is 70.5 Å². The van der Waals surface area contributed by atoms with Crippen LogP contribution >= 0.6 is 0 Å². The Morgan fingerprint density at radius 1 is 0.714 bits per heavy atom. The lowest BCUT2D eigenvalue weighted by molar-refractivity contribution is -0.134. The molecule has 1 aromatic rings. The zero-order valence-electron chi connectivity index (χ0n) is 14.9. The molecule has 1 fully saturated rings. The number of nitrogens with zero attached hydrogens (tertiary/aromatic N) is 1. The molecule has 0 unspecified atom stereocenters. The number of benzene rings is 1. The Balaban J connectivity index is 0.000000408. The summed E-state index contributed by atoms with van der Waals surface area (Å²) in [5.41, 5.74) is 1.35. The number of carboxylic acids is 4. The Labute approximate surface area is 161 Å². The van der Waals surface area contributed by atoms with E-state index in [-0.39, 0.29) is 0 Å². The molecule has 0 radical (unpaired) electrons. The molecular weight excluding hydrogens is 372 g/mol. The van der Waals surface area contributed by atoms with E-state index in [2.05, 4.69) is 40.5 Å². The minimum Gasteiger partial charge on any atom is -0.478 e. The van der Waals surface area contributed by atoms with Crippen molar-refractivity contribution in [3.63, 3.8) is 0 Å². The second-order valence-electron chi connectivity index (χ2n) is 5.09. The predicted octanol–water partition coefficient (Wildman–Crippen LogP) is 0.520. The van der Waals surface area contributed by atoms with Gasteiger partial charge in [-0.05, 0) is 12.1 Å². The van der Waals surface area contributed by atoms with Gasteiger partial charge in [0, 0.05) is 56.2 Å². The summed E-state index contributed by atoms with van der Waals surface area (Å²) in [6.45, 7) is 4.47. The molecule has 2 rings (SSSR count). The molecule has 5 N–H and O–H groups in total. The van der Waals surface area contributed by atoms with E-state index < -0.39 is 23.9 Å². The average molecular weight is 394 g/mol. The van der Waals surface area contributed by atoms with Crippen LogP contribution in [0.1, 0.15) is 0 Å². The van der Waals surface area contributed by atoms with Crippen molar-refractivity contribution in [3.05, 3.63) is 54.6 Å². The van der Waals surface area contributed by atoms with E-state index in [4.69, 9.17) is 20.4 Å². The summed E-state index contributed by atoms with van der Waals surface area (Å²) in [6, 6.07) is 10.6. The first-order chi connectivity index (χ1) is 13.2. The molecule has 1 saturated heterocycles. The zero-order valence-corrected chi connectivity index (χ0v) is 14.9. The summed E-state index contributed by atoms with van der Waals surface area (Å²) in [6.07, 6.45) is 2.23. The van der Waals surface area contributed by atoms with Gasteiger partial charge < -0.3 is 30.6 Å². The number of hydrogen-bond acceptors (Lipinski definition) is 6. The molecule has 0 aromatic heterocycles. The average Bonchev–Trinajstić information content (AvgIpc) is 2.67. The molecule has 152 valence electrons. The van der Waals surface area contributed by atoms with Crippen LogP contribution < -0.4 is 10.2 Å². The summed E-state index contributed by atoms with van der Waals surface area (Å²) in [4.78, 5) is 40.6. The van der Waals surface area contributed by atoms with Gasteiger partial charge in [-0.2, -0.15) is 0 Å². The SMILES string of the molecule is O=C(O)/C=C/C(=O)O.O=C(O)/C=C/C(=O)O.c1ccc(N2CCNCC2)cc1. The molecule has 1 heterocycles. The molecule has 28 heavy (non-hydrogen) atoms. The van der Waals surface area contributed by atoms with Gasteiger partial charge in [0.15, 0.2) is 0 Å². The fourth-order valence-corrected chi connectivity index (χ4v) is 1.85. The summed E-state index contributed by atoms with van der Waals surface area (Å²) in [5, 5.41) is 34.6. The highest BCUT2D eigenvalue weighted by atomic mass is 16.4. The van der Waals surface area contributed by atoms with Crippen LogP contribution in [0.25, 0.3) is 0 Å². The van der Waals surface area contributed by atoms with Crippen LogP contribution in [0.15, 0.2) is 54.6 Å². The van der Waals surface area contributed by atoms with Crippen molar-refractivity contribution >= 4 is 29.6 Å². The second-order valence-corrected chi connectivity index (χ2v) is 5.09. The smallest absolute Gasteiger partial charge is 0.328 e. The van der Waals surface area contributed by atoms with E-state index in [0.717, 1.165) is 26.2 Å². The lowest BCUT2D eigenvalue weighted by Crippen LogP contribution is -2.43. The minimum absolute atomic E-state index is 0.558. The van der Waals surface area contributed by atoms with Crippen molar-refractivity contribution in [2.75, 3.05) is 31.1 Å². The first kappa shape index (κ1) is 24.3. The summed E-state index contributed by atoms with van der Waals surface area (Å²) in [7, 11) is 0. The number of para-hydroxylation sites is 1. The van der Waals surface area contributed by atoms with Gasteiger partial charge >= 0.3 is 23.9 Å². The lowest BCUT2D eigenvalue weighted by Gasteiger charge is -2.29. The van der Waals surface area contributed by atoms with Gasteiger partial charge in [-0.25, -0.2) is 19.2 Å². The molecule has 10 heteroatoms. The van der Waals surface area contributed by atoms with Crippen LogP contribution in [0.5, 0.6) is 0 Å². The Hall–Kier alpha value is -3.66. The maximum atomic E-state index is 9.55. The number of aliphatic carboxylic acids is 4. The van der Waals surface area contributed by atoms with E-state index in [1.807, 2.05) is 0 Å². The highest BCUT2D eigenvalue weighted by Crippen LogP contribution is 2.12. The zero-order chi connectivity index (χ0) is 21.4. The highest BCUT2D eigenvalue weighted by Gasteiger charge is 2.08. The number of anilines is 1. The van der Waals surface area contributed by atoms with Crippen molar-refractivity contribution in [1.29, 1.82) is 0 Å². The van der Waals surface area contributed by atoms with Gasteiger partial charge in [-0.15, -0.1) is 0 Å². The second kappa shape index (κ2) is 14.5. The largest absolute Gasteiger partial charge is 0.478 e. The third-order valence-corrected chi connectivity index (χ3v) is 2.98. The quantitative estimate of drug-likeness (QED) is 0.445. The molecule has 10 nitrogen and oxygen atoms in total. The van der Waals surface area contributed by atoms with Crippen LogP contribution in [-0.2, 0) is 19.2 Å². The van der Waals surface area contributed by atoms with E-state index in [1.165, 1.54) is 5.69 Å². The van der Waals surface area contributed by atoms with Crippen molar-refractivity contribution in [1.82, 2.24) is 5.32 Å². The standard InChI is InChI=1S/C10H14N2.2C4H4O4/c1-2-4-10(5-3-1)12-8-6-11-7-9-12;2*5-3(6)1-2-4(7)8/h1-5,11H,6-9H2;2*1-2H,(H,5,6)(H,7,8)/b;2*2-1+. The Bertz CT molecular complexity index is 629. The number of nitrogens with one attached hydrogen (secondary N) is 1. The minimum atomic E-state index is -1.26. The maximum absolute atomic E-state index is 9.55. The number of piperazine rings is 1. The molecule has 0 aliphatic carbocycles. The maximum Gasteiger partial charge on any atom is 0.328 e.